The number of halogens is 3. The first-order valence-electron chi connectivity index (χ1n) is 6.95. The summed E-state index contributed by atoms with van der Waals surface area (Å²) in [4.78, 5) is 2.00. The predicted octanol–water partition coefficient (Wildman–Crippen LogP) is 3.14. The molecule has 2 N–H and O–H groups in total. The van der Waals surface area contributed by atoms with Crippen LogP contribution in [0.5, 0.6) is 0 Å². The molecule has 21 heavy (non-hydrogen) atoms. The van der Waals surface area contributed by atoms with Crippen molar-refractivity contribution in [2.45, 2.75) is 32.0 Å². The third kappa shape index (κ3) is 3.30. The fourth-order valence-corrected chi connectivity index (χ4v) is 2.76. The zero-order valence-corrected chi connectivity index (χ0v) is 11.8. The first-order valence-corrected chi connectivity index (χ1v) is 6.95. The monoisotopic (exact) mass is 297 g/mol. The first-order chi connectivity index (χ1) is 9.86. The lowest BCUT2D eigenvalue weighted by Gasteiger charge is -2.39. The lowest BCUT2D eigenvalue weighted by atomic mass is 9.92. The summed E-state index contributed by atoms with van der Waals surface area (Å²) in [6.07, 6.45) is -2.50. The fraction of sp³-hybridized carbons (Fsp3) is 0.533. The zero-order chi connectivity index (χ0) is 15.6. The SMILES string of the molecule is CC1CCC(CN)CN1c1ccc(C(F)(F)F)cc1C#N. The Morgan fingerprint density at radius 3 is 2.67 bits per heavy atom. The summed E-state index contributed by atoms with van der Waals surface area (Å²) in [6, 6.07) is 5.44. The maximum atomic E-state index is 12.7. The number of nitrogens with zero attached hydrogens (tertiary/aromatic N) is 2. The van der Waals surface area contributed by atoms with Crippen molar-refractivity contribution in [3.8, 4) is 6.07 Å². The first kappa shape index (κ1) is 15.6. The second kappa shape index (κ2) is 5.94. The average molecular weight is 297 g/mol. The second-order valence-electron chi connectivity index (χ2n) is 5.52. The summed E-state index contributed by atoms with van der Waals surface area (Å²) in [6.45, 7) is 3.25. The highest BCUT2D eigenvalue weighted by Gasteiger charge is 2.32. The average Bonchev–Trinajstić information content (AvgIpc) is 2.46. The minimum Gasteiger partial charge on any atom is -0.367 e. The Labute approximate surface area is 122 Å². The van der Waals surface area contributed by atoms with Gasteiger partial charge in [-0.3, -0.25) is 0 Å². The summed E-state index contributed by atoms with van der Waals surface area (Å²) >= 11 is 0. The van der Waals surface area contributed by atoms with Crippen molar-refractivity contribution in [3.63, 3.8) is 0 Å². The Balaban J connectivity index is 2.37. The van der Waals surface area contributed by atoms with Gasteiger partial charge in [-0.25, -0.2) is 0 Å². The van der Waals surface area contributed by atoms with Crippen LogP contribution in [0.3, 0.4) is 0 Å². The molecule has 0 spiro atoms. The molecule has 1 heterocycles. The largest absolute Gasteiger partial charge is 0.416 e. The topological polar surface area (TPSA) is 53.0 Å². The highest BCUT2D eigenvalue weighted by atomic mass is 19.4. The van der Waals surface area contributed by atoms with E-state index >= 15 is 0 Å². The molecule has 1 aromatic rings. The number of nitrogens with two attached hydrogens (primary N) is 1. The molecule has 1 aromatic carbocycles. The molecule has 3 nitrogen and oxygen atoms in total. The molecule has 0 radical (unpaired) electrons. The van der Waals surface area contributed by atoms with Gasteiger partial charge in [-0.05, 0) is 50.4 Å². The van der Waals surface area contributed by atoms with Gasteiger partial charge in [0.2, 0.25) is 0 Å². The zero-order valence-electron chi connectivity index (χ0n) is 11.8. The van der Waals surface area contributed by atoms with Crippen molar-refractivity contribution in [1.82, 2.24) is 0 Å². The number of hydrogen-bond acceptors (Lipinski definition) is 3. The third-order valence-corrected chi connectivity index (χ3v) is 4.07. The third-order valence-electron chi connectivity index (χ3n) is 4.07. The summed E-state index contributed by atoms with van der Waals surface area (Å²) in [7, 11) is 0. The Morgan fingerprint density at radius 2 is 2.10 bits per heavy atom. The molecule has 0 aliphatic carbocycles. The van der Waals surface area contributed by atoms with Gasteiger partial charge in [-0.1, -0.05) is 0 Å². The lowest BCUT2D eigenvalue weighted by Crippen LogP contribution is -2.44. The van der Waals surface area contributed by atoms with Gasteiger partial charge in [-0.2, -0.15) is 18.4 Å². The van der Waals surface area contributed by atoms with Crippen LogP contribution < -0.4 is 10.6 Å². The maximum Gasteiger partial charge on any atom is 0.416 e. The second-order valence-corrected chi connectivity index (χ2v) is 5.52. The molecular weight excluding hydrogens is 279 g/mol. The van der Waals surface area contributed by atoms with E-state index in [1.54, 1.807) is 0 Å². The highest BCUT2D eigenvalue weighted by molar-refractivity contribution is 5.61. The molecular formula is C15H18F3N3. The number of rotatable bonds is 2. The Bertz CT molecular complexity index is 548. The Morgan fingerprint density at radius 1 is 1.38 bits per heavy atom. The van der Waals surface area contributed by atoms with Gasteiger partial charge in [0.25, 0.3) is 0 Å². The van der Waals surface area contributed by atoms with Crippen LogP contribution in [0.4, 0.5) is 18.9 Å². The van der Waals surface area contributed by atoms with E-state index < -0.39 is 11.7 Å². The molecule has 0 amide bonds. The summed E-state index contributed by atoms with van der Waals surface area (Å²) in [5.74, 6) is 0.315. The molecule has 114 valence electrons. The molecule has 2 rings (SSSR count). The van der Waals surface area contributed by atoms with E-state index in [2.05, 4.69) is 0 Å². The minimum absolute atomic E-state index is 0.0642. The molecule has 6 heteroatoms. The van der Waals surface area contributed by atoms with Crippen LogP contribution in [0, 0.1) is 17.2 Å². The standard InChI is InChI=1S/C15H18F3N3/c1-10-2-3-11(7-19)9-21(10)14-5-4-13(15(16,17)18)6-12(14)8-20/h4-6,10-11H,2-3,7,9,19H2,1H3. The number of piperidine rings is 1. The van der Waals surface area contributed by atoms with E-state index in [0.717, 1.165) is 25.0 Å². The van der Waals surface area contributed by atoms with E-state index in [0.29, 0.717) is 24.7 Å². The van der Waals surface area contributed by atoms with Crippen LogP contribution in [0.15, 0.2) is 18.2 Å². The molecule has 1 aliphatic rings. The number of benzene rings is 1. The lowest BCUT2D eigenvalue weighted by molar-refractivity contribution is -0.137. The van der Waals surface area contributed by atoms with Gasteiger partial charge in [-0.15, -0.1) is 0 Å². The van der Waals surface area contributed by atoms with Crippen molar-refractivity contribution in [3.05, 3.63) is 29.3 Å². The molecule has 1 aliphatic heterocycles. The number of alkyl halides is 3. The fourth-order valence-electron chi connectivity index (χ4n) is 2.76. The molecule has 1 saturated heterocycles. The van der Waals surface area contributed by atoms with E-state index in [4.69, 9.17) is 5.73 Å². The normalized spacial score (nSPS) is 23.0. The summed E-state index contributed by atoms with van der Waals surface area (Å²) in [5.41, 5.74) is 5.54. The molecule has 2 unspecified atom stereocenters. The van der Waals surface area contributed by atoms with E-state index in [1.165, 1.54) is 6.07 Å². The van der Waals surface area contributed by atoms with E-state index in [-0.39, 0.29) is 11.6 Å². The van der Waals surface area contributed by atoms with Gasteiger partial charge in [0, 0.05) is 12.6 Å². The van der Waals surface area contributed by atoms with Gasteiger partial charge >= 0.3 is 6.18 Å². The highest BCUT2D eigenvalue weighted by Crippen LogP contribution is 2.35. The van der Waals surface area contributed by atoms with E-state index in [9.17, 15) is 18.4 Å². The van der Waals surface area contributed by atoms with Crippen molar-refractivity contribution in [1.29, 1.82) is 5.26 Å². The van der Waals surface area contributed by atoms with Gasteiger partial charge < -0.3 is 10.6 Å². The van der Waals surface area contributed by atoms with Crippen LogP contribution >= 0.6 is 0 Å². The van der Waals surface area contributed by atoms with Crippen molar-refractivity contribution >= 4 is 5.69 Å². The van der Waals surface area contributed by atoms with Crippen LogP contribution in [-0.4, -0.2) is 19.1 Å². The Kier molecular flexibility index (Phi) is 4.43. The van der Waals surface area contributed by atoms with Crippen molar-refractivity contribution in [2.24, 2.45) is 11.7 Å². The van der Waals surface area contributed by atoms with Crippen LogP contribution in [0.2, 0.25) is 0 Å². The summed E-state index contributed by atoms with van der Waals surface area (Å²) < 4.78 is 38.2. The van der Waals surface area contributed by atoms with Crippen molar-refractivity contribution in [2.75, 3.05) is 18.0 Å². The molecule has 0 bridgehead atoms. The van der Waals surface area contributed by atoms with Crippen LogP contribution in [0.25, 0.3) is 0 Å². The van der Waals surface area contributed by atoms with Crippen molar-refractivity contribution < 1.29 is 13.2 Å². The molecule has 0 aromatic heterocycles. The quantitative estimate of drug-likeness (QED) is 0.912. The van der Waals surface area contributed by atoms with Gasteiger partial charge in [0.05, 0.1) is 16.8 Å². The molecule has 2 atom stereocenters. The van der Waals surface area contributed by atoms with E-state index in [1.807, 2.05) is 17.9 Å². The number of hydrogen-bond donors (Lipinski definition) is 1. The van der Waals surface area contributed by atoms with Crippen LogP contribution in [0.1, 0.15) is 30.9 Å². The Hall–Kier alpha value is -1.74. The minimum atomic E-state index is -4.43. The predicted molar refractivity (Wildman–Crippen MR) is 74.7 cm³/mol. The smallest absolute Gasteiger partial charge is 0.367 e. The maximum absolute atomic E-state index is 12.7. The van der Waals surface area contributed by atoms with Gasteiger partial charge in [0.15, 0.2) is 0 Å². The molecule has 1 fully saturated rings. The number of anilines is 1. The number of nitriles is 1. The molecule has 0 saturated carbocycles. The summed E-state index contributed by atoms with van der Waals surface area (Å²) in [5, 5.41) is 9.18. The van der Waals surface area contributed by atoms with Gasteiger partial charge in [0.1, 0.15) is 6.07 Å². The van der Waals surface area contributed by atoms with Crippen LogP contribution in [-0.2, 0) is 6.18 Å².